The number of hydrogen-bond donors (Lipinski definition) is 3. The Hall–Kier alpha value is -3.97. The molecule has 7 heteroatoms. The fourth-order valence-electron chi connectivity index (χ4n) is 5.35. The topological polar surface area (TPSA) is 92.1 Å². The van der Waals surface area contributed by atoms with E-state index in [9.17, 15) is 9.90 Å². The van der Waals surface area contributed by atoms with Gasteiger partial charge in [0.1, 0.15) is 5.82 Å². The second-order valence-corrected chi connectivity index (χ2v) is 9.06. The summed E-state index contributed by atoms with van der Waals surface area (Å²) in [6.45, 7) is 1.79. The zero-order valence-corrected chi connectivity index (χ0v) is 18.8. The molecule has 1 aliphatic carbocycles. The fourth-order valence-corrected chi connectivity index (χ4v) is 5.35. The van der Waals surface area contributed by atoms with E-state index in [1.165, 1.54) is 11.1 Å². The number of hydrogen-bond acceptors (Lipinski definition) is 5. The fraction of sp³-hybridized carbons (Fsp3) is 0.222. The van der Waals surface area contributed by atoms with Gasteiger partial charge in [-0.15, -0.1) is 0 Å². The van der Waals surface area contributed by atoms with Gasteiger partial charge in [-0.25, -0.2) is 4.68 Å². The number of nitrogens with one attached hydrogen (secondary N) is 2. The molecule has 1 atom stereocenters. The number of aliphatic hydroxyl groups excluding tert-OH is 1. The Morgan fingerprint density at radius 2 is 1.91 bits per heavy atom. The van der Waals surface area contributed by atoms with Crippen LogP contribution in [0.15, 0.2) is 78.3 Å². The summed E-state index contributed by atoms with van der Waals surface area (Å²) < 4.78 is 1.88. The summed E-state index contributed by atoms with van der Waals surface area (Å²) in [5.74, 6) is 0.839. The predicted octanol–water partition coefficient (Wildman–Crippen LogP) is 4.22. The molecule has 0 saturated heterocycles. The van der Waals surface area contributed by atoms with Gasteiger partial charge in [0.15, 0.2) is 0 Å². The average molecular weight is 452 g/mol. The molecule has 34 heavy (non-hydrogen) atoms. The highest BCUT2D eigenvalue weighted by Crippen LogP contribution is 2.43. The Bertz CT molecular complexity index is 1430. The van der Waals surface area contributed by atoms with Crippen LogP contribution in [0.5, 0.6) is 0 Å². The van der Waals surface area contributed by atoms with Crippen molar-refractivity contribution in [2.24, 2.45) is 5.92 Å². The number of allylic oxidation sites excluding steroid dienone is 1. The minimum atomic E-state index is -0.242. The quantitative estimate of drug-likeness (QED) is 0.432. The monoisotopic (exact) mass is 451 g/mol. The van der Waals surface area contributed by atoms with E-state index in [-0.39, 0.29) is 24.5 Å². The van der Waals surface area contributed by atoms with Gasteiger partial charge in [-0.1, -0.05) is 30.3 Å². The third kappa shape index (κ3) is 3.45. The lowest BCUT2D eigenvalue weighted by atomic mass is 9.87. The Balaban J connectivity index is 1.37. The SMILES string of the molecule is CC1=C(C(=O)Nc2ccc3cnccc3c2)C(C2Cc3ccccc3C2)n2nc(CO)cc2N1. The van der Waals surface area contributed by atoms with Gasteiger partial charge >= 0.3 is 0 Å². The molecule has 7 nitrogen and oxygen atoms in total. The molecule has 0 saturated carbocycles. The number of anilines is 2. The van der Waals surface area contributed by atoms with E-state index in [1.807, 2.05) is 48.1 Å². The van der Waals surface area contributed by atoms with Crippen LogP contribution in [-0.4, -0.2) is 25.8 Å². The molecule has 2 aromatic carbocycles. The van der Waals surface area contributed by atoms with Gasteiger partial charge < -0.3 is 15.7 Å². The van der Waals surface area contributed by atoms with Crippen LogP contribution in [0, 0.1) is 5.92 Å². The number of aliphatic hydroxyl groups is 1. The van der Waals surface area contributed by atoms with E-state index in [2.05, 4.69) is 45.0 Å². The molecule has 0 spiro atoms. The van der Waals surface area contributed by atoms with Crippen LogP contribution in [0.2, 0.25) is 0 Å². The van der Waals surface area contributed by atoms with E-state index in [0.717, 1.165) is 40.8 Å². The molecule has 6 rings (SSSR count). The van der Waals surface area contributed by atoms with Gasteiger partial charge in [0, 0.05) is 35.2 Å². The van der Waals surface area contributed by atoms with Crippen molar-refractivity contribution in [1.29, 1.82) is 0 Å². The highest BCUT2D eigenvalue weighted by molar-refractivity contribution is 6.06. The Labute approximate surface area is 197 Å². The van der Waals surface area contributed by atoms with Crippen LogP contribution in [0.1, 0.15) is 29.8 Å². The molecule has 2 aliphatic rings. The van der Waals surface area contributed by atoms with E-state index in [0.29, 0.717) is 11.3 Å². The summed E-state index contributed by atoms with van der Waals surface area (Å²) in [4.78, 5) is 17.9. The van der Waals surface area contributed by atoms with Crippen LogP contribution in [-0.2, 0) is 24.2 Å². The Morgan fingerprint density at radius 3 is 2.68 bits per heavy atom. The first-order valence-electron chi connectivity index (χ1n) is 11.5. The second kappa shape index (κ2) is 8.11. The summed E-state index contributed by atoms with van der Waals surface area (Å²) in [6, 6.07) is 17.8. The van der Waals surface area contributed by atoms with Gasteiger partial charge in [-0.05, 0) is 60.4 Å². The summed E-state index contributed by atoms with van der Waals surface area (Å²) in [7, 11) is 0. The molecular weight excluding hydrogens is 426 g/mol. The van der Waals surface area contributed by atoms with Crippen molar-refractivity contribution < 1.29 is 9.90 Å². The number of benzene rings is 2. The van der Waals surface area contributed by atoms with Crippen molar-refractivity contribution in [3.05, 3.63) is 95.1 Å². The maximum absolute atomic E-state index is 13.7. The predicted molar refractivity (Wildman–Crippen MR) is 131 cm³/mol. The first kappa shape index (κ1) is 20.6. The zero-order valence-electron chi connectivity index (χ0n) is 18.8. The van der Waals surface area contributed by atoms with Gasteiger partial charge in [0.2, 0.25) is 0 Å². The third-order valence-corrected chi connectivity index (χ3v) is 6.90. The Morgan fingerprint density at radius 1 is 1.12 bits per heavy atom. The van der Waals surface area contributed by atoms with Crippen LogP contribution < -0.4 is 10.6 Å². The number of carbonyl (C=O) groups is 1. The van der Waals surface area contributed by atoms with Crippen molar-refractivity contribution in [3.63, 3.8) is 0 Å². The van der Waals surface area contributed by atoms with E-state index in [1.54, 1.807) is 6.20 Å². The zero-order chi connectivity index (χ0) is 23.2. The molecule has 0 bridgehead atoms. The van der Waals surface area contributed by atoms with Crippen LogP contribution in [0.3, 0.4) is 0 Å². The molecule has 0 radical (unpaired) electrons. The largest absolute Gasteiger partial charge is 0.390 e. The first-order chi connectivity index (χ1) is 16.6. The smallest absolute Gasteiger partial charge is 0.255 e. The average Bonchev–Trinajstić information content (AvgIpc) is 3.46. The van der Waals surface area contributed by atoms with E-state index in [4.69, 9.17) is 0 Å². The van der Waals surface area contributed by atoms with Crippen molar-refractivity contribution in [2.75, 3.05) is 10.6 Å². The van der Waals surface area contributed by atoms with E-state index < -0.39 is 0 Å². The van der Waals surface area contributed by atoms with Crippen molar-refractivity contribution >= 4 is 28.2 Å². The van der Waals surface area contributed by atoms with Crippen LogP contribution >= 0.6 is 0 Å². The number of pyridine rings is 1. The maximum atomic E-state index is 13.7. The highest BCUT2D eigenvalue weighted by atomic mass is 16.3. The lowest BCUT2D eigenvalue weighted by Crippen LogP contribution is -2.35. The lowest BCUT2D eigenvalue weighted by molar-refractivity contribution is -0.113. The summed E-state index contributed by atoms with van der Waals surface area (Å²) >= 11 is 0. The normalized spacial score (nSPS) is 17.4. The number of nitrogens with zero attached hydrogens (tertiary/aromatic N) is 3. The summed E-state index contributed by atoms with van der Waals surface area (Å²) in [5, 5.41) is 22.8. The second-order valence-electron chi connectivity index (χ2n) is 9.06. The first-order valence-corrected chi connectivity index (χ1v) is 11.5. The molecule has 1 aliphatic heterocycles. The minimum absolute atomic E-state index is 0.147. The van der Waals surface area contributed by atoms with Crippen molar-refractivity contribution in [2.45, 2.75) is 32.4 Å². The molecule has 1 amide bonds. The summed E-state index contributed by atoms with van der Waals surface area (Å²) in [6.07, 6.45) is 5.31. The molecule has 170 valence electrons. The molecule has 2 aromatic heterocycles. The van der Waals surface area contributed by atoms with Crippen LogP contribution in [0.4, 0.5) is 11.5 Å². The maximum Gasteiger partial charge on any atom is 0.255 e. The van der Waals surface area contributed by atoms with Gasteiger partial charge in [-0.2, -0.15) is 5.10 Å². The summed E-state index contributed by atoms with van der Waals surface area (Å²) in [5.41, 5.74) is 5.44. The molecule has 3 heterocycles. The number of carbonyl (C=O) groups excluding carboxylic acids is 1. The lowest BCUT2D eigenvalue weighted by Gasteiger charge is -2.33. The molecule has 3 N–H and O–H groups in total. The molecule has 0 fully saturated rings. The molecule has 4 aromatic rings. The van der Waals surface area contributed by atoms with Gasteiger partial charge in [-0.3, -0.25) is 9.78 Å². The molecular formula is C27H25N5O2. The number of fused-ring (bicyclic) bond motifs is 3. The van der Waals surface area contributed by atoms with E-state index >= 15 is 0 Å². The Kier molecular flexibility index (Phi) is 4.92. The highest BCUT2D eigenvalue weighted by Gasteiger charge is 2.40. The number of rotatable bonds is 4. The minimum Gasteiger partial charge on any atom is -0.390 e. The van der Waals surface area contributed by atoms with Crippen LogP contribution in [0.25, 0.3) is 10.8 Å². The van der Waals surface area contributed by atoms with Crippen molar-refractivity contribution in [3.8, 4) is 0 Å². The van der Waals surface area contributed by atoms with Gasteiger partial charge in [0.25, 0.3) is 5.91 Å². The van der Waals surface area contributed by atoms with Crippen molar-refractivity contribution in [1.82, 2.24) is 14.8 Å². The number of aromatic nitrogens is 3. The number of amides is 1. The molecule has 1 unspecified atom stereocenters. The van der Waals surface area contributed by atoms with Gasteiger partial charge in [0.05, 0.1) is 23.9 Å². The standard InChI is InChI=1S/C27H25N5O2/c1-16-25(27(34)30-22-7-6-20-14-28-9-8-19(20)12-22)26(32-24(29-16)13-23(15-33)31-32)21-10-17-4-2-3-5-18(17)11-21/h2-9,12-14,21,26,29,33H,10-11,15H2,1H3,(H,30,34). The third-order valence-electron chi connectivity index (χ3n) is 6.90.